The molecule has 0 spiro atoms. The predicted octanol–water partition coefficient (Wildman–Crippen LogP) is 8.74. The van der Waals surface area contributed by atoms with Crippen LogP contribution >= 0.6 is 0 Å². The SMILES string of the molecule is CC1CCC[C@]2(C)[C@H]3CC[C@@H]4[C@@H]5[C@@H](C)[C@H](C)CC[C@]5(C)CC[C@@]4(C)[C@]3(C)CC[C@@H]12. The van der Waals surface area contributed by atoms with Gasteiger partial charge < -0.3 is 0 Å². The minimum atomic E-state index is 0.583. The Morgan fingerprint density at radius 3 is 2.10 bits per heavy atom. The molecule has 0 N–H and O–H groups in total. The average Bonchev–Trinajstić information content (AvgIpc) is 2.66. The summed E-state index contributed by atoms with van der Waals surface area (Å²) in [6.07, 6.45) is 16.7. The van der Waals surface area contributed by atoms with E-state index in [0.29, 0.717) is 21.7 Å². The standard InChI is InChI=1S/C29H50/c1-19-12-15-26(4)17-18-28(6)23(25(26)21(19)3)10-11-24-27(5)14-8-9-20(2)22(27)13-16-29(24,28)7/h19-25H,8-18H2,1-7H3/t19-,20?,21+,22+,23-,24-,25+,26-,27+,28-,29-/m1/s1. The van der Waals surface area contributed by atoms with Crippen LogP contribution in [0.4, 0.5) is 0 Å². The van der Waals surface area contributed by atoms with Crippen LogP contribution in [-0.2, 0) is 0 Å². The van der Waals surface area contributed by atoms with Gasteiger partial charge in [-0.25, -0.2) is 0 Å². The van der Waals surface area contributed by atoms with Gasteiger partial charge in [0, 0.05) is 0 Å². The fraction of sp³-hybridized carbons (Fsp3) is 1.00. The fourth-order valence-corrected chi connectivity index (χ4v) is 11.4. The molecule has 5 rings (SSSR count). The van der Waals surface area contributed by atoms with Crippen molar-refractivity contribution in [1.29, 1.82) is 0 Å². The highest BCUT2D eigenvalue weighted by molar-refractivity contribution is 5.17. The summed E-state index contributed by atoms with van der Waals surface area (Å²) in [6, 6.07) is 0. The van der Waals surface area contributed by atoms with Gasteiger partial charge in [0.05, 0.1) is 0 Å². The quantitative estimate of drug-likeness (QED) is 0.382. The van der Waals surface area contributed by atoms with Crippen molar-refractivity contribution in [3.63, 3.8) is 0 Å². The van der Waals surface area contributed by atoms with Gasteiger partial charge >= 0.3 is 0 Å². The lowest BCUT2D eigenvalue weighted by molar-refractivity contribution is -0.240. The third-order valence-electron chi connectivity index (χ3n) is 13.4. The number of fused-ring (bicyclic) bond motifs is 7. The zero-order valence-corrected chi connectivity index (χ0v) is 20.8. The molecule has 0 aromatic carbocycles. The number of rotatable bonds is 0. The molecule has 0 heterocycles. The third-order valence-corrected chi connectivity index (χ3v) is 13.4. The Morgan fingerprint density at radius 1 is 0.586 bits per heavy atom. The maximum atomic E-state index is 2.81. The van der Waals surface area contributed by atoms with E-state index in [9.17, 15) is 0 Å². The van der Waals surface area contributed by atoms with Crippen LogP contribution in [0.15, 0.2) is 0 Å². The summed E-state index contributed by atoms with van der Waals surface area (Å²) in [5.74, 6) is 6.81. The molecule has 0 bridgehead atoms. The first-order valence-electron chi connectivity index (χ1n) is 13.6. The molecule has 0 saturated heterocycles. The van der Waals surface area contributed by atoms with Crippen LogP contribution in [0.2, 0.25) is 0 Å². The third kappa shape index (κ3) is 2.56. The van der Waals surface area contributed by atoms with E-state index in [4.69, 9.17) is 0 Å². The van der Waals surface area contributed by atoms with Crippen molar-refractivity contribution in [2.24, 2.45) is 63.1 Å². The average molecular weight is 399 g/mol. The molecule has 11 atom stereocenters. The molecule has 0 aromatic rings. The Balaban J connectivity index is 1.54. The first-order valence-corrected chi connectivity index (χ1v) is 13.6. The van der Waals surface area contributed by atoms with Gasteiger partial charge in [-0.1, -0.05) is 61.3 Å². The van der Waals surface area contributed by atoms with Crippen LogP contribution < -0.4 is 0 Å². The van der Waals surface area contributed by atoms with E-state index in [1.807, 2.05) is 0 Å². The van der Waals surface area contributed by atoms with Crippen molar-refractivity contribution in [1.82, 2.24) is 0 Å². The zero-order valence-electron chi connectivity index (χ0n) is 20.8. The maximum Gasteiger partial charge on any atom is -0.0235 e. The molecule has 0 aromatic heterocycles. The summed E-state index contributed by atoms with van der Waals surface area (Å²) in [5.41, 5.74) is 2.44. The first kappa shape index (κ1) is 20.9. The van der Waals surface area contributed by atoms with E-state index in [1.165, 1.54) is 57.8 Å². The van der Waals surface area contributed by atoms with Gasteiger partial charge in [-0.05, 0) is 121 Å². The van der Waals surface area contributed by atoms with E-state index in [1.54, 1.807) is 12.8 Å². The molecule has 0 amide bonds. The van der Waals surface area contributed by atoms with Gasteiger partial charge in [0.25, 0.3) is 0 Å². The topological polar surface area (TPSA) is 0 Å². The second-order valence-electron chi connectivity index (χ2n) is 14.1. The largest absolute Gasteiger partial charge is 0.0622 e. The lowest BCUT2D eigenvalue weighted by atomic mass is 9.32. The second kappa shape index (κ2) is 6.51. The Kier molecular flexibility index (Phi) is 4.69. The van der Waals surface area contributed by atoms with Crippen LogP contribution in [0, 0.1) is 63.1 Å². The van der Waals surface area contributed by atoms with Crippen molar-refractivity contribution < 1.29 is 0 Å². The van der Waals surface area contributed by atoms with Crippen LogP contribution in [-0.4, -0.2) is 0 Å². The lowest BCUT2D eigenvalue weighted by Gasteiger charge is -2.73. The van der Waals surface area contributed by atoms with E-state index < -0.39 is 0 Å². The molecule has 0 aliphatic heterocycles. The van der Waals surface area contributed by atoms with Crippen LogP contribution in [0.5, 0.6) is 0 Å². The van der Waals surface area contributed by atoms with Gasteiger partial charge in [-0.3, -0.25) is 0 Å². The smallest absolute Gasteiger partial charge is 0.0235 e. The van der Waals surface area contributed by atoms with Gasteiger partial charge in [0.2, 0.25) is 0 Å². The Labute approximate surface area is 182 Å². The van der Waals surface area contributed by atoms with Crippen LogP contribution in [0.1, 0.15) is 119 Å². The molecule has 5 aliphatic carbocycles. The van der Waals surface area contributed by atoms with Crippen LogP contribution in [0.25, 0.3) is 0 Å². The summed E-state index contributed by atoms with van der Waals surface area (Å²) in [7, 11) is 0. The van der Waals surface area contributed by atoms with Gasteiger partial charge in [0.15, 0.2) is 0 Å². The van der Waals surface area contributed by atoms with Crippen LogP contribution in [0.3, 0.4) is 0 Å². The van der Waals surface area contributed by atoms with Gasteiger partial charge in [-0.2, -0.15) is 0 Å². The molecule has 29 heavy (non-hydrogen) atoms. The highest BCUT2D eigenvalue weighted by Gasteiger charge is 2.68. The molecule has 0 heteroatoms. The minimum absolute atomic E-state index is 0.583. The van der Waals surface area contributed by atoms with Gasteiger partial charge in [0.1, 0.15) is 0 Å². The number of hydrogen-bond donors (Lipinski definition) is 0. The molecule has 5 saturated carbocycles. The van der Waals surface area contributed by atoms with E-state index in [-0.39, 0.29) is 0 Å². The Hall–Kier alpha value is 0. The van der Waals surface area contributed by atoms with Crippen molar-refractivity contribution in [2.45, 2.75) is 119 Å². The van der Waals surface area contributed by atoms with E-state index in [0.717, 1.165) is 41.4 Å². The molecule has 0 radical (unpaired) electrons. The molecular weight excluding hydrogens is 348 g/mol. The lowest BCUT2D eigenvalue weighted by Crippen LogP contribution is -2.65. The summed E-state index contributed by atoms with van der Waals surface area (Å²) in [5, 5.41) is 0. The van der Waals surface area contributed by atoms with Crippen molar-refractivity contribution in [2.75, 3.05) is 0 Å². The summed E-state index contributed by atoms with van der Waals surface area (Å²) >= 11 is 0. The van der Waals surface area contributed by atoms with E-state index >= 15 is 0 Å². The highest BCUT2D eigenvalue weighted by atomic mass is 14.7. The molecule has 166 valence electrons. The zero-order chi connectivity index (χ0) is 20.8. The highest BCUT2D eigenvalue weighted by Crippen LogP contribution is 2.76. The molecular formula is C29H50. The fourth-order valence-electron chi connectivity index (χ4n) is 11.4. The molecule has 5 aliphatic rings. The monoisotopic (exact) mass is 398 g/mol. The van der Waals surface area contributed by atoms with Gasteiger partial charge in [-0.15, -0.1) is 0 Å². The Morgan fingerprint density at radius 2 is 1.34 bits per heavy atom. The second-order valence-corrected chi connectivity index (χ2v) is 14.1. The Bertz CT molecular complexity index is 650. The molecule has 1 unspecified atom stereocenters. The summed E-state index contributed by atoms with van der Waals surface area (Å²) < 4.78 is 0. The first-order chi connectivity index (χ1) is 13.6. The molecule has 5 fully saturated rings. The van der Waals surface area contributed by atoms with Crippen molar-refractivity contribution in [3.8, 4) is 0 Å². The summed E-state index contributed by atoms with van der Waals surface area (Å²) in [4.78, 5) is 0. The molecule has 0 nitrogen and oxygen atoms in total. The maximum absolute atomic E-state index is 2.81. The van der Waals surface area contributed by atoms with E-state index in [2.05, 4.69) is 48.5 Å². The number of hydrogen-bond acceptors (Lipinski definition) is 0. The van der Waals surface area contributed by atoms with Crippen molar-refractivity contribution in [3.05, 3.63) is 0 Å². The normalized spacial score (nSPS) is 62.4. The predicted molar refractivity (Wildman–Crippen MR) is 125 cm³/mol. The minimum Gasteiger partial charge on any atom is -0.0622 e. The summed E-state index contributed by atoms with van der Waals surface area (Å²) in [6.45, 7) is 18.9. The van der Waals surface area contributed by atoms with Crippen molar-refractivity contribution >= 4 is 0 Å².